The molecule has 3 rings (SSSR count). The highest BCUT2D eigenvalue weighted by Gasteiger charge is 2.42. The van der Waals surface area contributed by atoms with Crippen molar-refractivity contribution in [1.29, 1.82) is 0 Å². The summed E-state index contributed by atoms with van der Waals surface area (Å²) < 4.78 is 16.5. The van der Waals surface area contributed by atoms with Crippen LogP contribution in [0.3, 0.4) is 0 Å². The second-order valence-electron chi connectivity index (χ2n) is 4.60. The van der Waals surface area contributed by atoms with Crippen LogP contribution in [0.2, 0.25) is 0 Å². The molecule has 0 N–H and O–H groups in total. The molecule has 86 valence electrons. The first kappa shape index (κ1) is 10.2. The average Bonchev–Trinajstić information content (AvgIpc) is 2.85. The molecule has 1 aromatic rings. The molecule has 4 nitrogen and oxygen atoms in total. The summed E-state index contributed by atoms with van der Waals surface area (Å²) in [5, 5.41) is 4.04. The van der Waals surface area contributed by atoms with Crippen LogP contribution in [0.5, 0.6) is 0 Å². The molecule has 2 atom stereocenters. The Morgan fingerprint density at radius 1 is 1.38 bits per heavy atom. The minimum atomic E-state index is -0.694. The lowest BCUT2D eigenvalue weighted by molar-refractivity contribution is 0.0905. The summed E-state index contributed by atoms with van der Waals surface area (Å²) in [5.74, 6) is 0.129. The van der Waals surface area contributed by atoms with E-state index >= 15 is 0 Å². The Kier molecular flexibility index (Phi) is 2.42. The molecule has 0 aromatic carbocycles. The molecule has 2 saturated heterocycles. The normalized spacial score (nSPS) is 37.5. The van der Waals surface area contributed by atoms with E-state index in [0.717, 1.165) is 25.7 Å². The molecular weight excluding hydrogens is 226 g/mol. The minimum Gasteiger partial charge on any atom is -0.364 e. The van der Waals surface area contributed by atoms with E-state index in [4.69, 9.17) is 0 Å². The lowest BCUT2D eigenvalue weighted by Gasteiger charge is -2.25. The van der Waals surface area contributed by atoms with Gasteiger partial charge in [0.15, 0.2) is 5.78 Å². The summed E-state index contributed by atoms with van der Waals surface area (Å²) in [6.45, 7) is 0. The van der Waals surface area contributed by atoms with E-state index in [1.54, 1.807) is 0 Å². The predicted octanol–water partition coefficient (Wildman–Crippen LogP) is 1.55. The summed E-state index contributed by atoms with van der Waals surface area (Å²) in [6, 6.07) is 0. The zero-order chi connectivity index (χ0) is 11.1. The first-order valence-corrected chi connectivity index (χ1v) is 6.86. The summed E-state index contributed by atoms with van der Waals surface area (Å²) in [4.78, 5) is 12.1. The zero-order valence-corrected chi connectivity index (χ0v) is 9.61. The van der Waals surface area contributed by atoms with Crippen molar-refractivity contribution in [2.75, 3.05) is 0 Å². The van der Waals surface area contributed by atoms with E-state index in [2.05, 4.69) is 9.68 Å². The Balaban J connectivity index is 1.78. The molecule has 16 heavy (non-hydrogen) atoms. The van der Waals surface area contributed by atoms with Gasteiger partial charge in [-0.15, -0.1) is 0 Å². The molecule has 0 amide bonds. The van der Waals surface area contributed by atoms with Crippen LogP contribution < -0.4 is 0 Å². The third kappa shape index (κ3) is 1.54. The van der Waals surface area contributed by atoms with Crippen LogP contribution in [0.1, 0.15) is 36.0 Å². The van der Waals surface area contributed by atoms with Gasteiger partial charge < -0.3 is 4.52 Å². The van der Waals surface area contributed by atoms with Gasteiger partial charge in [0.25, 0.3) is 0 Å². The van der Waals surface area contributed by atoms with Crippen molar-refractivity contribution < 1.29 is 13.5 Å². The van der Waals surface area contributed by atoms with Crippen LogP contribution in [-0.2, 0) is 10.8 Å². The van der Waals surface area contributed by atoms with Gasteiger partial charge >= 0.3 is 0 Å². The SMILES string of the molecule is O=C(c1cnoc1)C1CC2CCC(C1)S2=O. The third-order valence-electron chi connectivity index (χ3n) is 3.65. The van der Waals surface area contributed by atoms with Crippen molar-refractivity contribution in [3.8, 4) is 0 Å². The number of aromatic nitrogens is 1. The van der Waals surface area contributed by atoms with Gasteiger partial charge in [0.05, 0.1) is 11.8 Å². The molecule has 0 saturated carbocycles. The third-order valence-corrected chi connectivity index (χ3v) is 5.82. The fourth-order valence-corrected chi connectivity index (χ4v) is 4.93. The fourth-order valence-electron chi connectivity index (χ4n) is 2.81. The number of rotatable bonds is 2. The quantitative estimate of drug-likeness (QED) is 0.735. The van der Waals surface area contributed by atoms with Gasteiger partial charge in [-0.05, 0) is 25.7 Å². The summed E-state index contributed by atoms with van der Waals surface area (Å²) in [7, 11) is -0.694. The molecule has 0 spiro atoms. The number of fused-ring (bicyclic) bond motifs is 2. The van der Waals surface area contributed by atoms with Gasteiger partial charge in [0.2, 0.25) is 0 Å². The van der Waals surface area contributed by atoms with Crippen molar-refractivity contribution in [3.63, 3.8) is 0 Å². The molecule has 3 heterocycles. The number of carbonyl (C=O) groups is 1. The Morgan fingerprint density at radius 2 is 2.06 bits per heavy atom. The van der Waals surface area contributed by atoms with Gasteiger partial charge in [0.1, 0.15) is 6.26 Å². The Labute approximate surface area is 95.8 Å². The maximum Gasteiger partial charge on any atom is 0.170 e. The highest BCUT2D eigenvalue weighted by Crippen LogP contribution is 2.39. The highest BCUT2D eigenvalue weighted by molar-refractivity contribution is 7.86. The van der Waals surface area contributed by atoms with Gasteiger partial charge in [0, 0.05) is 27.2 Å². The van der Waals surface area contributed by atoms with Crippen LogP contribution in [0.25, 0.3) is 0 Å². The van der Waals surface area contributed by atoms with Crippen LogP contribution in [0, 0.1) is 5.92 Å². The molecule has 1 aromatic heterocycles. The van der Waals surface area contributed by atoms with E-state index in [0.29, 0.717) is 5.56 Å². The minimum absolute atomic E-state index is 0.0228. The maximum absolute atomic E-state index is 12.1. The van der Waals surface area contributed by atoms with Crippen LogP contribution in [0.15, 0.2) is 17.0 Å². The van der Waals surface area contributed by atoms with Gasteiger partial charge in [-0.2, -0.15) is 0 Å². The fraction of sp³-hybridized carbons (Fsp3) is 0.636. The summed E-state index contributed by atoms with van der Waals surface area (Å²) in [5.41, 5.74) is 0.553. The summed E-state index contributed by atoms with van der Waals surface area (Å²) in [6.07, 6.45) is 6.45. The second-order valence-corrected chi connectivity index (χ2v) is 6.59. The number of nitrogens with zero attached hydrogens (tertiary/aromatic N) is 1. The first-order chi connectivity index (χ1) is 7.75. The first-order valence-electron chi connectivity index (χ1n) is 5.58. The number of hydrogen-bond acceptors (Lipinski definition) is 4. The largest absolute Gasteiger partial charge is 0.364 e. The standard InChI is InChI=1S/C11H13NO3S/c13-11(8-5-12-15-6-8)7-3-9-1-2-10(4-7)16(9)14/h5-7,9-10H,1-4H2. The molecule has 2 aliphatic heterocycles. The molecule has 0 aliphatic carbocycles. The van der Waals surface area contributed by atoms with Crippen LogP contribution >= 0.6 is 0 Å². The molecule has 2 unspecified atom stereocenters. The van der Waals surface area contributed by atoms with Crippen molar-refractivity contribution in [2.24, 2.45) is 5.92 Å². The molecular formula is C11H13NO3S. The number of ketones is 1. The highest BCUT2D eigenvalue weighted by atomic mass is 32.2. The molecule has 0 radical (unpaired) electrons. The maximum atomic E-state index is 12.1. The van der Waals surface area contributed by atoms with Gasteiger partial charge in [-0.25, -0.2) is 0 Å². The van der Waals surface area contributed by atoms with E-state index in [1.807, 2.05) is 0 Å². The van der Waals surface area contributed by atoms with E-state index < -0.39 is 10.8 Å². The Hall–Kier alpha value is -0.970. The predicted molar refractivity (Wildman–Crippen MR) is 58.5 cm³/mol. The van der Waals surface area contributed by atoms with Crippen molar-refractivity contribution in [2.45, 2.75) is 36.2 Å². The number of Topliss-reactive ketones (excluding diaryl/α,β-unsaturated/α-hetero) is 1. The summed E-state index contributed by atoms with van der Waals surface area (Å²) >= 11 is 0. The molecule has 2 aliphatic rings. The zero-order valence-electron chi connectivity index (χ0n) is 8.80. The topological polar surface area (TPSA) is 60.2 Å². The molecule has 2 fully saturated rings. The smallest absolute Gasteiger partial charge is 0.170 e. The van der Waals surface area contributed by atoms with E-state index in [1.165, 1.54) is 12.5 Å². The Bertz CT molecular complexity index is 412. The van der Waals surface area contributed by atoms with Gasteiger partial charge in [-0.1, -0.05) is 5.16 Å². The lowest BCUT2D eigenvalue weighted by atomic mass is 9.92. The Morgan fingerprint density at radius 3 is 2.62 bits per heavy atom. The van der Waals surface area contributed by atoms with E-state index in [9.17, 15) is 9.00 Å². The second kappa shape index (κ2) is 3.80. The van der Waals surface area contributed by atoms with E-state index in [-0.39, 0.29) is 22.2 Å². The monoisotopic (exact) mass is 239 g/mol. The number of hydrogen-bond donors (Lipinski definition) is 0. The van der Waals surface area contributed by atoms with Crippen molar-refractivity contribution in [3.05, 3.63) is 18.0 Å². The van der Waals surface area contributed by atoms with Crippen LogP contribution in [0.4, 0.5) is 0 Å². The number of carbonyl (C=O) groups excluding carboxylic acids is 1. The van der Waals surface area contributed by atoms with Gasteiger partial charge in [-0.3, -0.25) is 9.00 Å². The van der Waals surface area contributed by atoms with Crippen molar-refractivity contribution >= 4 is 16.6 Å². The average molecular weight is 239 g/mol. The molecule has 5 heteroatoms. The lowest BCUT2D eigenvalue weighted by Crippen LogP contribution is -2.32. The molecule has 2 bridgehead atoms. The van der Waals surface area contributed by atoms with Crippen molar-refractivity contribution in [1.82, 2.24) is 5.16 Å². The van der Waals surface area contributed by atoms with Crippen LogP contribution in [-0.4, -0.2) is 25.6 Å².